The first-order valence-corrected chi connectivity index (χ1v) is 10.5. The molecule has 0 spiro atoms. The number of nitrogens with zero attached hydrogens (tertiary/aromatic N) is 5. The maximum atomic E-state index is 13.1. The van der Waals surface area contributed by atoms with E-state index in [0.717, 1.165) is 42.3 Å². The number of aromatic amines is 1. The van der Waals surface area contributed by atoms with Crippen molar-refractivity contribution < 1.29 is 9.90 Å². The minimum Gasteiger partial charge on any atom is -0.393 e. The fraction of sp³-hybridized carbons (Fsp3) is 0.304. The average molecular weight is 416 g/mol. The average Bonchev–Trinajstić information content (AvgIpc) is 3.38. The first kappa shape index (κ1) is 19.4. The van der Waals surface area contributed by atoms with Crippen molar-refractivity contribution in [2.24, 2.45) is 12.0 Å². The molecule has 3 aromatic heterocycles. The highest BCUT2D eigenvalue weighted by Crippen LogP contribution is 2.29. The second kappa shape index (κ2) is 7.96. The molecule has 0 bridgehead atoms. The summed E-state index contributed by atoms with van der Waals surface area (Å²) >= 11 is 0. The van der Waals surface area contributed by atoms with E-state index >= 15 is 0 Å². The smallest absolute Gasteiger partial charge is 0.280 e. The van der Waals surface area contributed by atoms with E-state index in [1.165, 1.54) is 0 Å². The van der Waals surface area contributed by atoms with Gasteiger partial charge in [0.05, 0.1) is 29.0 Å². The number of imidazole rings is 1. The third-order valence-electron chi connectivity index (χ3n) is 5.88. The Morgan fingerprint density at radius 1 is 1.19 bits per heavy atom. The van der Waals surface area contributed by atoms with Gasteiger partial charge in [0.1, 0.15) is 0 Å². The van der Waals surface area contributed by atoms with Gasteiger partial charge < -0.3 is 14.7 Å². The van der Waals surface area contributed by atoms with Crippen LogP contribution in [0.4, 0.5) is 0 Å². The zero-order chi connectivity index (χ0) is 21.4. The summed E-state index contributed by atoms with van der Waals surface area (Å²) in [6, 6.07) is 11.6. The maximum absolute atomic E-state index is 13.1. The Morgan fingerprint density at radius 2 is 2.00 bits per heavy atom. The van der Waals surface area contributed by atoms with Crippen LogP contribution in [0.3, 0.4) is 0 Å². The zero-order valence-corrected chi connectivity index (χ0v) is 17.3. The SMILES string of the molecule is Cn1cc(-c2cc(C(=O)/N=c3\[nH]c4ccccc4n3[C@H]3CC[C@@H](O)CC3)ccn2)cn1. The summed E-state index contributed by atoms with van der Waals surface area (Å²) in [6.07, 6.45) is 8.16. The lowest BCUT2D eigenvalue weighted by Gasteiger charge is -2.27. The molecule has 1 aromatic carbocycles. The molecule has 31 heavy (non-hydrogen) atoms. The van der Waals surface area contributed by atoms with Crippen molar-refractivity contribution >= 4 is 16.9 Å². The monoisotopic (exact) mass is 416 g/mol. The largest absolute Gasteiger partial charge is 0.393 e. The van der Waals surface area contributed by atoms with Crippen molar-refractivity contribution in [2.75, 3.05) is 0 Å². The highest BCUT2D eigenvalue weighted by molar-refractivity contribution is 5.95. The predicted molar refractivity (Wildman–Crippen MR) is 116 cm³/mol. The fourth-order valence-electron chi connectivity index (χ4n) is 4.29. The van der Waals surface area contributed by atoms with Gasteiger partial charge in [-0.05, 0) is 49.9 Å². The lowest BCUT2D eigenvalue weighted by atomic mass is 9.93. The second-order valence-electron chi connectivity index (χ2n) is 8.05. The standard InChI is InChI=1S/C23H24N6O2/c1-28-14-16(13-25-28)20-12-15(10-11-24-20)22(31)27-23-26-19-4-2-3-5-21(19)29(23)17-6-8-18(30)9-7-17/h2-5,10-14,17-18,30H,6-9H2,1H3,(H,26,27,31)/t17-,18+. The summed E-state index contributed by atoms with van der Waals surface area (Å²) < 4.78 is 3.81. The van der Waals surface area contributed by atoms with Crippen molar-refractivity contribution in [1.82, 2.24) is 24.3 Å². The maximum Gasteiger partial charge on any atom is 0.280 e. The fourth-order valence-corrected chi connectivity index (χ4v) is 4.29. The number of carbonyl (C=O) groups is 1. The van der Waals surface area contributed by atoms with Gasteiger partial charge in [0.2, 0.25) is 5.62 Å². The quantitative estimate of drug-likeness (QED) is 0.536. The Hall–Kier alpha value is -3.52. The third kappa shape index (κ3) is 3.82. The number of amides is 1. The normalized spacial score (nSPS) is 19.7. The first-order valence-electron chi connectivity index (χ1n) is 10.5. The number of aliphatic hydroxyl groups excluding tert-OH is 1. The van der Waals surface area contributed by atoms with E-state index in [1.54, 1.807) is 29.2 Å². The van der Waals surface area contributed by atoms with Crippen LogP contribution in [0.25, 0.3) is 22.3 Å². The van der Waals surface area contributed by atoms with E-state index in [0.29, 0.717) is 16.9 Å². The molecule has 1 saturated carbocycles. The number of H-pyrrole nitrogens is 1. The Labute approximate surface area is 178 Å². The molecule has 0 radical (unpaired) electrons. The number of para-hydroxylation sites is 2. The van der Waals surface area contributed by atoms with Gasteiger partial charge in [-0.2, -0.15) is 10.1 Å². The lowest BCUT2D eigenvalue weighted by molar-refractivity contribution is 0.0990. The van der Waals surface area contributed by atoms with Gasteiger partial charge in [-0.25, -0.2) is 0 Å². The number of aliphatic hydroxyl groups is 1. The van der Waals surface area contributed by atoms with E-state index in [1.807, 2.05) is 37.5 Å². The Kier molecular flexibility index (Phi) is 4.99. The van der Waals surface area contributed by atoms with Gasteiger partial charge in [0, 0.05) is 36.6 Å². The van der Waals surface area contributed by atoms with Crippen LogP contribution in [0.2, 0.25) is 0 Å². The number of pyridine rings is 1. The van der Waals surface area contributed by atoms with Crippen molar-refractivity contribution in [3.8, 4) is 11.3 Å². The summed E-state index contributed by atoms with van der Waals surface area (Å²) in [5, 5.41) is 14.1. The molecule has 0 unspecified atom stereocenters. The number of hydrogen-bond donors (Lipinski definition) is 2. The van der Waals surface area contributed by atoms with E-state index < -0.39 is 0 Å². The van der Waals surface area contributed by atoms with Gasteiger partial charge >= 0.3 is 0 Å². The zero-order valence-electron chi connectivity index (χ0n) is 17.3. The number of aryl methyl sites for hydroxylation is 1. The Bertz CT molecular complexity index is 1310. The number of benzene rings is 1. The molecular weight excluding hydrogens is 392 g/mol. The molecular formula is C23H24N6O2. The summed E-state index contributed by atoms with van der Waals surface area (Å²) in [7, 11) is 1.84. The molecule has 0 aliphatic heterocycles. The molecule has 5 rings (SSSR count). The summed E-state index contributed by atoms with van der Waals surface area (Å²) in [6.45, 7) is 0. The second-order valence-corrected chi connectivity index (χ2v) is 8.05. The summed E-state index contributed by atoms with van der Waals surface area (Å²) in [5.41, 5.74) is 4.48. The Balaban J connectivity index is 1.55. The van der Waals surface area contributed by atoms with Gasteiger partial charge in [0.15, 0.2) is 0 Å². The van der Waals surface area contributed by atoms with Crippen molar-refractivity contribution in [3.05, 3.63) is 66.2 Å². The topological polar surface area (TPSA) is 101 Å². The van der Waals surface area contributed by atoms with Crippen LogP contribution >= 0.6 is 0 Å². The van der Waals surface area contributed by atoms with Crippen molar-refractivity contribution in [1.29, 1.82) is 0 Å². The number of aromatic nitrogens is 5. The van der Waals surface area contributed by atoms with Gasteiger partial charge in [-0.1, -0.05) is 12.1 Å². The highest BCUT2D eigenvalue weighted by Gasteiger charge is 2.23. The van der Waals surface area contributed by atoms with Crippen LogP contribution in [0, 0.1) is 0 Å². The lowest BCUT2D eigenvalue weighted by Crippen LogP contribution is -2.29. The van der Waals surface area contributed by atoms with Crippen LogP contribution in [0.15, 0.2) is 60.0 Å². The number of carbonyl (C=O) groups excluding carboxylic acids is 1. The molecule has 8 nitrogen and oxygen atoms in total. The molecule has 1 aliphatic rings. The molecule has 0 atom stereocenters. The van der Waals surface area contributed by atoms with Crippen molar-refractivity contribution in [2.45, 2.75) is 37.8 Å². The summed E-state index contributed by atoms with van der Waals surface area (Å²) in [4.78, 5) is 25.2. The van der Waals surface area contributed by atoms with Gasteiger partial charge in [-0.3, -0.25) is 14.5 Å². The van der Waals surface area contributed by atoms with E-state index in [-0.39, 0.29) is 18.1 Å². The molecule has 1 aliphatic carbocycles. The molecule has 3 heterocycles. The van der Waals surface area contributed by atoms with Gasteiger partial charge in [-0.15, -0.1) is 0 Å². The van der Waals surface area contributed by atoms with Crippen LogP contribution in [-0.2, 0) is 7.05 Å². The minimum atomic E-state index is -0.330. The van der Waals surface area contributed by atoms with Crippen LogP contribution in [0.5, 0.6) is 0 Å². The van der Waals surface area contributed by atoms with E-state index in [9.17, 15) is 9.90 Å². The molecule has 0 saturated heterocycles. The first-order chi connectivity index (χ1) is 15.1. The number of fused-ring (bicyclic) bond motifs is 1. The van der Waals surface area contributed by atoms with E-state index in [4.69, 9.17) is 0 Å². The van der Waals surface area contributed by atoms with Gasteiger partial charge in [0.25, 0.3) is 5.91 Å². The highest BCUT2D eigenvalue weighted by atomic mass is 16.3. The summed E-state index contributed by atoms with van der Waals surface area (Å²) in [5.74, 6) is -0.330. The number of hydrogen-bond acceptors (Lipinski definition) is 4. The molecule has 8 heteroatoms. The Morgan fingerprint density at radius 3 is 2.77 bits per heavy atom. The molecule has 158 valence electrons. The van der Waals surface area contributed by atoms with Crippen molar-refractivity contribution in [3.63, 3.8) is 0 Å². The van der Waals surface area contributed by atoms with Crippen LogP contribution in [-0.4, -0.2) is 41.4 Å². The van der Waals surface area contributed by atoms with Crippen LogP contribution < -0.4 is 5.62 Å². The molecule has 2 N–H and O–H groups in total. The number of nitrogens with one attached hydrogen (secondary N) is 1. The molecule has 4 aromatic rings. The number of rotatable bonds is 3. The molecule has 1 fully saturated rings. The molecule has 1 amide bonds. The predicted octanol–water partition coefficient (Wildman–Crippen LogP) is 2.98. The van der Waals surface area contributed by atoms with E-state index in [2.05, 4.69) is 24.6 Å². The third-order valence-corrected chi connectivity index (χ3v) is 5.88. The minimum absolute atomic E-state index is 0.189. The van der Waals surface area contributed by atoms with Crippen LogP contribution in [0.1, 0.15) is 42.1 Å².